The Hall–Kier alpha value is -3.26. The molecule has 1 aliphatic rings. The van der Waals surface area contributed by atoms with E-state index in [1.807, 2.05) is 0 Å². The highest BCUT2D eigenvalue weighted by Crippen LogP contribution is 2.20. The van der Waals surface area contributed by atoms with Crippen molar-refractivity contribution in [3.05, 3.63) is 0 Å². The molecule has 14 nitrogen and oxygen atoms in total. The zero-order valence-electron chi connectivity index (χ0n) is 17.5. The van der Waals surface area contributed by atoms with Gasteiger partial charge in [-0.05, 0) is 26.2 Å². The molecule has 1 heterocycles. The molecule has 180 valence electrons. The van der Waals surface area contributed by atoms with Crippen molar-refractivity contribution in [3.8, 4) is 0 Å². The predicted octanol–water partition coefficient (Wildman–Crippen LogP) is -3.52. The number of rotatable bonds is 12. The van der Waals surface area contributed by atoms with Crippen molar-refractivity contribution in [3.63, 3.8) is 0 Å². The second-order valence-corrected chi connectivity index (χ2v) is 7.53. The first-order valence-electron chi connectivity index (χ1n) is 9.92. The van der Waals surface area contributed by atoms with Crippen LogP contribution in [-0.4, -0.2) is 92.6 Å². The van der Waals surface area contributed by atoms with E-state index in [4.69, 9.17) is 21.7 Å². The topological polar surface area (TPSA) is 242 Å². The molecular formula is C18H29N5O9. The van der Waals surface area contributed by atoms with Gasteiger partial charge < -0.3 is 42.3 Å². The Bertz CT molecular complexity index is 757. The van der Waals surface area contributed by atoms with Crippen LogP contribution in [0, 0.1) is 0 Å². The van der Waals surface area contributed by atoms with Gasteiger partial charge in [0.2, 0.25) is 23.6 Å². The van der Waals surface area contributed by atoms with E-state index in [1.54, 1.807) is 0 Å². The molecule has 0 aromatic rings. The average molecular weight is 459 g/mol. The van der Waals surface area contributed by atoms with Crippen LogP contribution in [0.1, 0.15) is 39.0 Å². The number of amides is 4. The largest absolute Gasteiger partial charge is 0.481 e. The van der Waals surface area contributed by atoms with E-state index in [1.165, 1.54) is 6.92 Å². The van der Waals surface area contributed by atoms with Crippen molar-refractivity contribution in [1.82, 2.24) is 15.5 Å². The third kappa shape index (κ3) is 7.77. The van der Waals surface area contributed by atoms with Gasteiger partial charge >= 0.3 is 11.9 Å². The molecule has 0 aliphatic carbocycles. The van der Waals surface area contributed by atoms with Gasteiger partial charge in [0.05, 0.1) is 18.6 Å². The summed E-state index contributed by atoms with van der Waals surface area (Å²) in [5.41, 5.74) is 10.8. The number of nitrogens with zero attached hydrogens (tertiary/aromatic N) is 1. The zero-order valence-corrected chi connectivity index (χ0v) is 17.5. The number of carbonyl (C=O) groups excluding carboxylic acids is 4. The Kier molecular flexibility index (Phi) is 10.00. The molecule has 0 aromatic heterocycles. The maximum Gasteiger partial charge on any atom is 0.328 e. The zero-order chi connectivity index (χ0) is 24.6. The van der Waals surface area contributed by atoms with Crippen molar-refractivity contribution in [2.75, 3.05) is 6.54 Å². The molecule has 1 saturated heterocycles. The second kappa shape index (κ2) is 12.0. The van der Waals surface area contributed by atoms with Gasteiger partial charge in [-0.1, -0.05) is 0 Å². The van der Waals surface area contributed by atoms with E-state index < -0.39 is 72.3 Å². The van der Waals surface area contributed by atoms with Crippen LogP contribution in [0.15, 0.2) is 0 Å². The van der Waals surface area contributed by atoms with Crippen LogP contribution in [0.3, 0.4) is 0 Å². The maximum absolute atomic E-state index is 13.0. The molecule has 1 fully saturated rings. The van der Waals surface area contributed by atoms with Crippen LogP contribution in [-0.2, 0) is 28.8 Å². The molecule has 5 atom stereocenters. The molecule has 4 amide bonds. The molecule has 9 N–H and O–H groups in total. The third-order valence-corrected chi connectivity index (χ3v) is 4.91. The highest BCUT2D eigenvalue weighted by atomic mass is 16.4. The molecule has 0 spiro atoms. The summed E-state index contributed by atoms with van der Waals surface area (Å²) in [6.07, 6.45) is -1.98. The van der Waals surface area contributed by atoms with E-state index in [9.17, 15) is 33.9 Å². The lowest BCUT2D eigenvalue weighted by Crippen LogP contribution is -2.58. The van der Waals surface area contributed by atoms with Crippen molar-refractivity contribution in [2.24, 2.45) is 11.5 Å². The van der Waals surface area contributed by atoms with Crippen molar-refractivity contribution < 1.29 is 44.1 Å². The number of hydrogen-bond donors (Lipinski definition) is 7. The molecule has 0 bridgehead atoms. The van der Waals surface area contributed by atoms with E-state index >= 15 is 0 Å². The SMILES string of the molecule is CC(O)C(NC(=O)C1CCCN1C(=O)C(CC(N)=O)NC(=O)C(N)CCC(=O)O)C(=O)O. The van der Waals surface area contributed by atoms with E-state index in [0.29, 0.717) is 6.42 Å². The molecule has 32 heavy (non-hydrogen) atoms. The van der Waals surface area contributed by atoms with Crippen LogP contribution in [0.4, 0.5) is 0 Å². The molecule has 14 heteroatoms. The number of aliphatic hydroxyl groups excluding tert-OH is 1. The molecule has 5 unspecified atom stereocenters. The minimum Gasteiger partial charge on any atom is -0.481 e. The minimum absolute atomic E-state index is 0.0968. The van der Waals surface area contributed by atoms with E-state index in [2.05, 4.69) is 10.6 Å². The monoisotopic (exact) mass is 459 g/mol. The second-order valence-electron chi connectivity index (χ2n) is 7.53. The summed E-state index contributed by atoms with van der Waals surface area (Å²) in [5.74, 6) is -6.02. The fraction of sp³-hybridized carbons (Fsp3) is 0.667. The van der Waals surface area contributed by atoms with Gasteiger partial charge in [0.25, 0.3) is 0 Å². The minimum atomic E-state index is -1.59. The summed E-state index contributed by atoms with van der Waals surface area (Å²) in [5, 5.41) is 31.8. The summed E-state index contributed by atoms with van der Waals surface area (Å²) >= 11 is 0. The predicted molar refractivity (Wildman–Crippen MR) is 107 cm³/mol. The molecule has 0 radical (unpaired) electrons. The fourth-order valence-corrected chi connectivity index (χ4v) is 3.23. The fourth-order valence-electron chi connectivity index (χ4n) is 3.23. The smallest absolute Gasteiger partial charge is 0.328 e. The summed E-state index contributed by atoms with van der Waals surface area (Å²) in [6, 6.07) is -5.38. The maximum atomic E-state index is 13.0. The van der Waals surface area contributed by atoms with Crippen molar-refractivity contribution in [2.45, 2.75) is 69.3 Å². The highest BCUT2D eigenvalue weighted by molar-refractivity contribution is 5.96. The van der Waals surface area contributed by atoms with Gasteiger partial charge in [-0.2, -0.15) is 0 Å². The number of nitrogens with one attached hydrogen (secondary N) is 2. The summed E-state index contributed by atoms with van der Waals surface area (Å²) in [6.45, 7) is 1.28. The normalized spacial score (nSPS) is 19.3. The van der Waals surface area contributed by atoms with Crippen molar-refractivity contribution in [1.29, 1.82) is 0 Å². The van der Waals surface area contributed by atoms with Gasteiger partial charge in [-0.3, -0.25) is 24.0 Å². The van der Waals surface area contributed by atoms with E-state index in [-0.39, 0.29) is 25.8 Å². The number of carboxylic acids is 2. The first-order valence-corrected chi connectivity index (χ1v) is 9.92. The average Bonchev–Trinajstić information content (AvgIpc) is 3.17. The Morgan fingerprint density at radius 3 is 2.25 bits per heavy atom. The van der Waals surface area contributed by atoms with Gasteiger partial charge in [0.1, 0.15) is 12.1 Å². The van der Waals surface area contributed by atoms with Crippen LogP contribution in [0.25, 0.3) is 0 Å². The van der Waals surface area contributed by atoms with Gasteiger partial charge in [-0.25, -0.2) is 4.79 Å². The number of aliphatic carboxylic acids is 2. The van der Waals surface area contributed by atoms with Crippen LogP contribution < -0.4 is 22.1 Å². The van der Waals surface area contributed by atoms with Gasteiger partial charge in [-0.15, -0.1) is 0 Å². The Morgan fingerprint density at radius 2 is 1.75 bits per heavy atom. The van der Waals surface area contributed by atoms with Gasteiger partial charge in [0, 0.05) is 13.0 Å². The standard InChI is InChI=1S/C18H29N5O9/c1-8(24)14(18(31)32)22-16(29)11-3-2-6-23(11)17(30)10(7-12(20)25)21-15(28)9(19)4-5-13(26)27/h8-11,14,24H,2-7,19H2,1H3,(H2,20,25)(H,21,28)(H,22,29)(H,26,27)(H,31,32). The number of nitrogens with two attached hydrogens (primary N) is 2. The number of aliphatic hydroxyl groups is 1. The number of primary amides is 1. The van der Waals surface area contributed by atoms with E-state index in [0.717, 1.165) is 4.90 Å². The Morgan fingerprint density at radius 1 is 1.12 bits per heavy atom. The van der Waals surface area contributed by atoms with Crippen molar-refractivity contribution >= 4 is 35.6 Å². The molecule has 1 aliphatic heterocycles. The number of likely N-dealkylation sites (tertiary alicyclic amines) is 1. The lowest BCUT2D eigenvalue weighted by Gasteiger charge is -2.29. The quantitative estimate of drug-likeness (QED) is 0.152. The summed E-state index contributed by atoms with van der Waals surface area (Å²) < 4.78 is 0. The summed E-state index contributed by atoms with van der Waals surface area (Å²) in [7, 11) is 0. The number of carbonyl (C=O) groups is 6. The third-order valence-electron chi connectivity index (χ3n) is 4.91. The van der Waals surface area contributed by atoms with Crippen LogP contribution >= 0.6 is 0 Å². The molecule has 0 aromatic carbocycles. The first kappa shape index (κ1) is 26.8. The Balaban J connectivity index is 2.94. The lowest BCUT2D eigenvalue weighted by atomic mass is 10.1. The number of hydrogen-bond acceptors (Lipinski definition) is 8. The molecule has 1 rings (SSSR count). The number of carboxylic acid groups (broad SMARTS) is 2. The molecule has 0 saturated carbocycles. The summed E-state index contributed by atoms with van der Waals surface area (Å²) in [4.78, 5) is 72.2. The highest BCUT2D eigenvalue weighted by Gasteiger charge is 2.40. The molecular weight excluding hydrogens is 430 g/mol. The lowest BCUT2D eigenvalue weighted by molar-refractivity contribution is -0.147. The van der Waals surface area contributed by atoms with Crippen LogP contribution in [0.2, 0.25) is 0 Å². The Labute approximate surface area is 183 Å². The van der Waals surface area contributed by atoms with Gasteiger partial charge in [0.15, 0.2) is 6.04 Å². The first-order chi connectivity index (χ1) is 14.8. The van der Waals surface area contributed by atoms with Crippen LogP contribution in [0.5, 0.6) is 0 Å².